The molecule has 0 bridgehead atoms. The van der Waals surface area contributed by atoms with Crippen LogP contribution in [0.25, 0.3) is 0 Å². The van der Waals surface area contributed by atoms with E-state index in [2.05, 4.69) is 48.4 Å². The van der Waals surface area contributed by atoms with Crippen LogP contribution in [-0.2, 0) is 7.05 Å². The number of rotatable bonds is 11. The zero-order valence-corrected chi connectivity index (χ0v) is 21.0. The lowest BCUT2D eigenvalue weighted by atomic mass is 9.97. The van der Waals surface area contributed by atoms with Gasteiger partial charge in [0.1, 0.15) is 22.8 Å². The van der Waals surface area contributed by atoms with Gasteiger partial charge in [-0.1, -0.05) is 20.3 Å². The highest BCUT2D eigenvalue weighted by Crippen LogP contribution is 2.40. The number of hydrogen-bond donors (Lipinski definition) is 1. The van der Waals surface area contributed by atoms with Crippen molar-refractivity contribution in [2.75, 3.05) is 5.32 Å². The zero-order valence-electron chi connectivity index (χ0n) is 20.2. The summed E-state index contributed by atoms with van der Waals surface area (Å²) in [4.78, 5) is 15.6. The molecule has 1 saturated carbocycles. The van der Waals surface area contributed by atoms with Crippen LogP contribution in [0.5, 0.6) is 17.2 Å². The SMILES string of the molecule is CCCC(C)(CC)Oc1cc(Oc2ccc(SC3CC3)cc2)cc(C(=O)Nc2cnn(C)n2)c1. The molecule has 4 rings (SSSR count). The Kier molecular flexibility index (Phi) is 7.46. The third kappa shape index (κ3) is 6.53. The van der Waals surface area contributed by atoms with Crippen LogP contribution in [0.4, 0.5) is 5.82 Å². The van der Waals surface area contributed by atoms with Crippen molar-refractivity contribution >= 4 is 23.5 Å². The number of aromatic nitrogens is 3. The van der Waals surface area contributed by atoms with Gasteiger partial charge in [0, 0.05) is 28.8 Å². The minimum atomic E-state index is -0.326. The molecule has 1 aromatic heterocycles. The Morgan fingerprint density at radius 2 is 1.88 bits per heavy atom. The minimum Gasteiger partial charge on any atom is -0.487 e. The van der Waals surface area contributed by atoms with Gasteiger partial charge >= 0.3 is 0 Å². The summed E-state index contributed by atoms with van der Waals surface area (Å²) in [5.74, 6) is 1.93. The van der Waals surface area contributed by atoms with E-state index in [1.54, 1.807) is 19.2 Å². The molecule has 1 amide bonds. The number of ether oxygens (including phenoxy) is 2. The number of carbonyl (C=O) groups excluding carboxylic acids is 1. The Morgan fingerprint density at radius 1 is 1.15 bits per heavy atom. The molecule has 1 atom stereocenters. The van der Waals surface area contributed by atoms with E-state index < -0.39 is 0 Å². The van der Waals surface area contributed by atoms with Gasteiger partial charge in [-0.05, 0) is 69.0 Å². The molecule has 1 aliphatic rings. The fourth-order valence-corrected chi connectivity index (χ4v) is 4.68. The van der Waals surface area contributed by atoms with E-state index in [-0.39, 0.29) is 11.5 Å². The topological polar surface area (TPSA) is 78.3 Å². The van der Waals surface area contributed by atoms with Crippen molar-refractivity contribution < 1.29 is 14.3 Å². The van der Waals surface area contributed by atoms with Crippen molar-refractivity contribution in [3.05, 3.63) is 54.2 Å². The van der Waals surface area contributed by atoms with Crippen molar-refractivity contribution in [2.24, 2.45) is 7.05 Å². The maximum absolute atomic E-state index is 13.0. The van der Waals surface area contributed by atoms with Gasteiger partial charge in [-0.25, -0.2) is 0 Å². The molecule has 0 saturated heterocycles. The quantitative estimate of drug-likeness (QED) is 0.339. The number of benzene rings is 2. The van der Waals surface area contributed by atoms with E-state index in [0.717, 1.165) is 24.5 Å². The molecular weight excluding hydrogens is 448 g/mol. The normalized spacial score (nSPS) is 14.9. The smallest absolute Gasteiger partial charge is 0.257 e. The maximum atomic E-state index is 13.0. The average Bonchev–Trinajstić information content (AvgIpc) is 3.53. The van der Waals surface area contributed by atoms with Gasteiger partial charge in [-0.3, -0.25) is 4.79 Å². The Morgan fingerprint density at radius 3 is 2.50 bits per heavy atom. The van der Waals surface area contributed by atoms with Crippen LogP contribution in [0.2, 0.25) is 0 Å². The number of nitrogens with one attached hydrogen (secondary N) is 1. The second kappa shape index (κ2) is 10.5. The van der Waals surface area contributed by atoms with Gasteiger partial charge in [-0.2, -0.15) is 9.90 Å². The van der Waals surface area contributed by atoms with Crippen LogP contribution in [0.15, 0.2) is 53.6 Å². The summed E-state index contributed by atoms with van der Waals surface area (Å²) in [5.41, 5.74) is 0.0993. The molecule has 2 aromatic carbocycles. The molecule has 1 fully saturated rings. The number of thioether (sulfide) groups is 1. The molecule has 0 radical (unpaired) electrons. The molecule has 180 valence electrons. The molecule has 34 heavy (non-hydrogen) atoms. The Bertz CT molecular complexity index is 1130. The fraction of sp³-hybridized carbons (Fsp3) is 0.423. The van der Waals surface area contributed by atoms with Crippen LogP contribution >= 0.6 is 11.8 Å². The number of carbonyl (C=O) groups is 1. The second-order valence-electron chi connectivity index (χ2n) is 8.91. The van der Waals surface area contributed by atoms with Gasteiger partial charge in [-0.15, -0.1) is 16.9 Å². The van der Waals surface area contributed by atoms with E-state index in [4.69, 9.17) is 9.47 Å². The van der Waals surface area contributed by atoms with E-state index in [9.17, 15) is 4.79 Å². The lowest BCUT2D eigenvalue weighted by Crippen LogP contribution is -2.31. The average molecular weight is 481 g/mol. The fourth-order valence-electron chi connectivity index (χ4n) is 3.63. The van der Waals surface area contributed by atoms with Crippen molar-refractivity contribution in [1.82, 2.24) is 15.0 Å². The number of hydrogen-bond acceptors (Lipinski definition) is 6. The van der Waals surface area contributed by atoms with Gasteiger partial charge < -0.3 is 14.8 Å². The van der Waals surface area contributed by atoms with Gasteiger partial charge in [0.25, 0.3) is 5.91 Å². The predicted octanol–water partition coefficient (Wildman–Crippen LogP) is 6.46. The number of aryl methyl sites for hydroxylation is 1. The highest BCUT2D eigenvalue weighted by Gasteiger charge is 2.25. The summed E-state index contributed by atoms with van der Waals surface area (Å²) in [6.45, 7) is 6.35. The first kappa shape index (κ1) is 24.1. The summed E-state index contributed by atoms with van der Waals surface area (Å²) in [6.07, 6.45) is 6.87. The highest BCUT2D eigenvalue weighted by molar-refractivity contribution is 8.00. The number of anilines is 1. The van der Waals surface area contributed by atoms with Crippen LogP contribution in [-0.4, -0.2) is 31.8 Å². The van der Waals surface area contributed by atoms with Crippen LogP contribution in [0.3, 0.4) is 0 Å². The minimum absolute atomic E-state index is 0.305. The second-order valence-corrected chi connectivity index (χ2v) is 10.3. The van der Waals surface area contributed by atoms with E-state index in [1.807, 2.05) is 30.0 Å². The van der Waals surface area contributed by atoms with Crippen molar-refractivity contribution in [2.45, 2.75) is 68.6 Å². The molecule has 0 aliphatic heterocycles. The first-order valence-corrected chi connectivity index (χ1v) is 12.7. The molecule has 1 unspecified atom stereocenters. The van der Waals surface area contributed by atoms with Gasteiger partial charge in [0.15, 0.2) is 5.82 Å². The van der Waals surface area contributed by atoms with E-state index in [1.165, 1.54) is 28.7 Å². The summed E-state index contributed by atoms with van der Waals surface area (Å²) < 4.78 is 12.5. The molecule has 1 aliphatic carbocycles. The van der Waals surface area contributed by atoms with Crippen LogP contribution < -0.4 is 14.8 Å². The van der Waals surface area contributed by atoms with E-state index >= 15 is 0 Å². The summed E-state index contributed by atoms with van der Waals surface area (Å²) >= 11 is 1.91. The maximum Gasteiger partial charge on any atom is 0.257 e. The highest BCUT2D eigenvalue weighted by atomic mass is 32.2. The number of amides is 1. The summed E-state index contributed by atoms with van der Waals surface area (Å²) in [6, 6.07) is 13.4. The van der Waals surface area contributed by atoms with Crippen LogP contribution in [0.1, 0.15) is 63.2 Å². The first-order valence-electron chi connectivity index (χ1n) is 11.8. The van der Waals surface area contributed by atoms with Crippen molar-refractivity contribution in [3.63, 3.8) is 0 Å². The number of nitrogens with zero attached hydrogens (tertiary/aromatic N) is 3. The van der Waals surface area contributed by atoms with Crippen molar-refractivity contribution in [3.8, 4) is 17.2 Å². The van der Waals surface area contributed by atoms with Crippen molar-refractivity contribution in [1.29, 1.82) is 0 Å². The third-order valence-corrected chi connectivity index (χ3v) is 7.11. The standard InChI is InChI=1S/C26H32N4O3S/c1-5-13-26(3,6-2)33-21-15-18(25(31)28-24-17-27-30(4)29-24)14-20(16-21)32-19-7-9-22(10-8-19)34-23-11-12-23/h7-10,14-17,23H,5-6,11-13H2,1-4H3,(H,28,29,31). The van der Waals surface area contributed by atoms with Gasteiger partial charge in [0.05, 0.1) is 6.20 Å². The monoisotopic (exact) mass is 480 g/mol. The lowest BCUT2D eigenvalue weighted by molar-refractivity contribution is 0.0736. The zero-order chi connectivity index (χ0) is 24.1. The van der Waals surface area contributed by atoms with Crippen LogP contribution in [0, 0.1) is 0 Å². The summed E-state index contributed by atoms with van der Waals surface area (Å²) in [5, 5.41) is 11.7. The molecule has 7 nitrogen and oxygen atoms in total. The Hall–Kier alpha value is -3.00. The summed E-state index contributed by atoms with van der Waals surface area (Å²) in [7, 11) is 1.70. The lowest BCUT2D eigenvalue weighted by Gasteiger charge is -2.29. The Balaban J connectivity index is 1.58. The molecule has 3 aromatic rings. The predicted molar refractivity (Wildman–Crippen MR) is 135 cm³/mol. The first-order chi connectivity index (χ1) is 16.4. The third-order valence-electron chi connectivity index (χ3n) is 5.76. The molecule has 8 heteroatoms. The Labute approximate surface area is 205 Å². The molecule has 0 spiro atoms. The molecular formula is C26H32N4O3S. The largest absolute Gasteiger partial charge is 0.487 e. The van der Waals surface area contributed by atoms with E-state index in [0.29, 0.717) is 28.6 Å². The molecule has 1 heterocycles. The molecule has 1 N–H and O–H groups in total. The van der Waals surface area contributed by atoms with Gasteiger partial charge in [0.2, 0.25) is 0 Å².